The van der Waals surface area contributed by atoms with Gasteiger partial charge in [0.05, 0.1) is 6.54 Å². The van der Waals surface area contributed by atoms with Crippen LogP contribution in [-0.2, 0) is 13.0 Å². The second-order valence-corrected chi connectivity index (χ2v) is 5.19. The molecule has 1 aromatic heterocycles. The Bertz CT molecular complexity index is 366. The Morgan fingerprint density at radius 1 is 1.33 bits per heavy atom. The maximum Gasteiger partial charge on any atom is 0.230 e. The Morgan fingerprint density at radius 2 is 2.11 bits per heavy atom. The molecule has 2 heterocycles. The molecule has 1 aliphatic heterocycles. The van der Waals surface area contributed by atoms with Gasteiger partial charge in [-0.1, -0.05) is 13.8 Å². The zero-order chi connectivity index (χ0) is 13.0. The number of hydrogen-bond acceptors (Lipinski definition) is 5. The minimum absolute atomic E-state index is 0.733. The fraction of sp³-hybridized carbons (Fsp3) is 0.846. The van der Waals surface area contributed by atoms with Gasteiger partial charge in [-0.05, 0) is 32.5 Å². The molecule has 0 bridgehead atoms. The first-order chi connectivity index (χ1) is 8.71. The van der Waals surface area contributed by atoms with E-state index in [1.54, 1.807) is 0 Å². The molecule has 18 heavy (non-hydrogen) atoms. The van der Waals surface area contributed by atoms with Crippen molar-refractivity contribution in [2.75, 3.05) is 33.2 Å². The van der Waals surface area contributed by atoms with E-state index in [2.05, 4.69) is 34.0 Å². The highest BCUT2D eigenvalue weighted by molar-refractivity contribution is 4.82. The van der Waals surface area contributed by atoms with Gasteiger partial charge in [0.2, 0.25) is 11.8 Å². The molecule has 0 aromatic carbocycles. The molecule has 5 heteroatoms. The number of aromatic nitrogens is 2. The van der Waals surface area contributed by atoms with Gasteiger partial charge < -0.3 is 9.32 Å². The lowest BCUT2D eigenvalue weighted by atomic mass is 10.1. The van der Waals surface area contributed by atoms with Crippen molar-refractivity contribution in [1.82, 2.24) is 20.0 Å². The second-order valence-electron chi connectivity index (χ2n) is 5.19. The van der Waals surface area contributed by atoms with E-state index >= 15 is 0 Å². The van der Waals surface area contributed by atoms with Crippen LogP contribution in [-0.4, -0.2) is 53.2 Å². The van der Waals surface area contributed by atoms with Crippen LogP contribution in [0.3, 0.4) is 0 Å². The van der Waals surface area contributed by atoms with Gasteiger partial charge in [0.25, 0.3) is 0 Å². The number of nitrogens with zero attached hydrogens (tertiary/aromatic N) is 4. The van der Waals surface area contributed by atoms with Crippen LogP contribution in [0.1, 0.15) is 32.0 Å². The zero-order valence-electron chi connectivity index (χ0n) is 11.7. The van der Waals surface area contributed by atoms with Crippen LogP contribution in [0.15, 0.2) is 4.42 Å². The van der Waals surface area contributed by atoms with Crippen molar-refractivity contribution >= 4 is 0 Å². The molecular formula is C13H24N4O. The van der Waals surface area contributed by atoms with Crippen molar-refractivity contribution in [2.45, 2.75) is 33.2 Å². The third-order valence-corrected chi connectivity index (χ3v) is 3.60. The van der Waals surface area contributed by atoms with Crippen molar-refractivity contribution in [3.05, 3.63) is 11.8 Å². The monoisotopic (exact) mass is 252 g/mol. The molecule has 0 saturated carbocycles. The Balaban J connectivity index is 1.76. The van der Waals surface area contributed by atoms with Crippen LogP contribution in [0.25, 0.3) is 0 Å². The number of rotatable bonds is 6. The van der Waals surface area contributed by atoms with E-state index in [1.165, 1.54) is 26.1 Å². The summed E-state index contributed by atoms with van der Waals surface area (Å²) in [7, 11) is 2.13. The van der Waals surface area contributed by atoms with Gasteiger partial charge in [-0.25, -0.2) is 0 Å². The Kier molecular flexibility index (Phi) is 4.72. The Morgan fingerprint density at radius 3 is 2.72 bits per heavy atom. The molecule has 1 atom stereocenters. The van der Waals surface area contributed by atoms with Gasteiger partial charge >= 0.3 is 0 Å². The molecule has 0 N–H and O–H groups in total. The fourth-order valence-electron chi connectivity index (χ4n) is 2.58. The van der Waals surface area contributed by atoms with E-state index in [1.807, 2.05) is 6.92 Å². The highest BCUT2D eigenvalue weighted by atomic mass is 16.4. The molecule has 1 saturated heterocycles. The molecule has 1 fully saturated rings. The number of aryl methyl sites for hydroxylation is 1. The van der Waals surface area contributed by atoms with Crippen molar-refractivity contribution in [1.29, 1.82) is 0 Å². The summed E-state index contributed by atoms with van der Waals surface area (Å²) < 4.78 is 5.54. The topological polar surface area (TPSA) is 45.4 Å². The summed E-state index contributed by atoms with van der Waals surface area (Å²) in [6.45, 7) is 9.77. The van der Waals surface area contributed by atoms with Gasteiger partial charge in [0.1, 0.15) is 0 Å². The van der Waals surface area contributed by atoms with Crippen LogP contribution in [0, 0.1) is 5.92 Å². The SMILES string of the molecule is CCc1nnc(CN(C)CC2CCN(CC)C2)o1. The van der Waals surface area contributed by atoms with Gasteiger partial charge in [0, 0.05) is 19.5 Å². The summed E-state index contributed by atoms with van der Waals surface area (Å²) in [5.41, 5.74) is 0. The first-order valence-corrected chi connectivity index (χ1v) is 6.93. The molecule has 1 aliphatic rings. The third-order valence-electron chi connectivity index (χ3n) is 3.60. The van der Waals surface area contributed by atoms with E-state index in [-0.39, 0.29) is 0 Å². The van der Waals surface area contributed by atoms with E-state index in [4.69, 9.17) is 4.42 Å². The maximum absolute atomic E-state index is 5.54. The summed E-state index contributed by atoms with van der Waals surface area (Å²) in [5, 5.41) is 8.06. The lowest BCUT2D eigenvalue weighted by molar-refractivity contribution is 0.238. The minimum Gasteiger partial charge on any atom is -0.424 e. The van der Waals surface area contributed by atoms with Crippen molar-refractivity contribution in [3.63, 3.8) is 0 Å². The molecule has 102 valence electrons. The van der Waals surface area contributed by atoms with Crippen molar-refractivity contribution in [3.8, 4) is 0 Å². The quantitative estimate of drug-likeness (QED) is 0.766. The molecule has 1 aromatic rings. The summed E-state index contributed by atoms with van der Waals surface area (Å²) >= 11 is 0. The third kappa shape index (κ3) is 3.53. The summed E-state index contributed by atoms with van der Waals surface area (Å²) in [5.74, 6) is 2.25. The van der Waals surface area contributed by atoms with E-state index in [0.717, 1.165) is 37.2 Å². The van der Waals surface area contributed by atoms with Crippen LogP contribution in [0.4, 0.5) is 0 Å². The normalized spacial score (nSPS) is 21.0. The van der Waals surface area contributed by atoms with Crippen LogP contribution >= 0.6 is 0 Å². The predicted octanol–water partition coefficient (Wildman–Crippen LogP) is 1.41. The van der Waals surface area contributed by atoms with E-state index in [0.29, 0.717) is 0 Å². The average Bonchev–Trinajstić information content (AvgIpc) is 2.98. The standard InChI is InChI=1S/C13H24N4O/c1-4-12-14-15-13(18-12)10-16(3)8-11-6-7-17(5-2)9-11/h11H,4-10H2,1-3H3. The van der Waals surface area contributed by atoms with Crippen LogP contribution in [0.5, 0.6) is 0 Å². The van der Waals surface area contributed by atoms with Crippen molar-refractivity contribution < 1.29 is 4.42 Å². The largest absolute Gasteiger partial charge is 0.424 e. The lowest BCUT2D eigenvalue weighted by Crippen LogP contribution is -2.28. The van der Waals surface area contributed by atoms with Crippen LogP contribution < -0.4 is 0 Å². The maximum atomic E-state index is 5.54. The Labute approximate surface area is 109 Å². The average molecular weight is 252 g/mol. The van der Waals surface area contributed by atoms with Gasteiger partial charge in [-0.3, -0.25) is 4.90 Å². The van der Waals surface area contributed by atoms with Gasteiger partial charge in [-0.15, -0.1) is 10.2 Å². The molecule has 0 amide bonds. The minimum atomic E-state index is 0.733. The lowest BCUT2D eigenvalue weighted by Gasteiger charge is -2.19. The predicted molar refractivity (Wildman–Crippen MR) is 70.2 cm³/mol. The highest BCUT2D eigenvalue weighted by Gasteiger charge is 2.22. The number of hydrogen-bond donors (Lipinski definition) is 0. The molecule has 0 radical (unpaired) electrons. The molecule has 5 nitrogen and oxygen atoms in total. The summed E-state index contributed by atoms with van der Waals surface area (Å²) in [6.07, 6.45) is 2.12. The van der Waals surface area contributed by atoms with E-state index in [9.17, 15) is 0 Å². The molecule has 2 rings (SSSR count). The second kappa shape index (κ2) is 6.29. The summed E-state index contributed by atoms with van der Waals surface area (Å²) in [6, 6.07) is 0. The van der Waals surface area contributed by atoms with Gasteiger partial charge in [0.15, 0.2) is 0 Å². The number of likely N-dealkylation sites (tertiary alicyclic amines) is 1. The fourth-order valence-corrected chi connectivity index (χ4v) is 2.58. The molecular weight excluding hydrogens is 228 g/mol. The zero-order valence-corrected chi connectivity index (χ0v) is 11.7. The molecule has 1 unspecified atom stereocenters. The highest BCUT2D eigenvalue weighted by Crippen LogP contribution is 2.17. The van der Waals surface area contributed by atoms with Crippen molar-refractivity contribution in [2.24, 2.45) is 5.92 Å². The van der Waals surface area contributed by atoms with E-state index < -0.39 is 0 Å². The van der Waals surface area contributed by atoms with Crippen LogP contribution in [0.2, 0.25) is 0 Å². The first kappa shape index (κ1) is 13.5. The molecule has 0 spiro atoms. The smallest absolute Gasteiger partial charge is 0.230 e. The molecule has 0 aliphatic carbocycles. The summed E-state index contributed by atoms with van der Waals surface area (Å²) in [4.78, 5) is 4.80. The van der Waals surface area contributed by atoms with Gasteiger partial charge in [-0.2, -0.15) is 0 Å². The Hall–Kier alpha value is -0.940. The first-order valence-electron chi connectivity index (χ1n) is 6.93.